The first kappa shape index (κ1) is 20.1. The zero-order valence-electron chi connectivity index (χ0n) is 17.1. The summed E-state index contributed by atoms with van der Waals surface area (Å²) in [6.07, 6.45) is 2.53. The molecule has 0 spiro atoms. The van der Waals surface area contributed by atoms with Gasteiger partial charge in [0.25, 0.3) is 5.91 Å². The van der Waals surface area contributed by atoms with Gasteiger partial charge in [0.15, 0.2) is 0 Å². The highest BCUT2D eigenvalue weighted by molar-refractivity contribution is 5.97. The van der Waals surface area contributed by atoms with E-state index in [0.717, 1.165) is 22.6 Å². The van der Waals surface area contributed by atoms with Crippen LogP contribution in [0.3, 0.4) is 0 Å². The maximum Gasteiger partial charge on any atom is 0.257 e. The number of amides is 1. The Morgan fingerprint density at radius 2 is 1.97 bits per heavy atom. The van der Waals surface area contributed by atoms with E-state index in [4.69, 9.17) is 9.47 Å². The van der Waals surface area contributed by atoms with Gasteiger partial charge >= 0.3 is 0 Å². The summed E-state index contributed by atoms with van der Waals surface area (Å²) in [5.41, 5.74) is 3.56. The molecule has 0 fully saturated rings. The number of hydrogen-bond acceptors (Lipinski definition) is 4. The normalized spacial score (nSPS) is 13.6. The maximum atomic E-state index is 13.5. The van der Waals surface area contributed by atoms with Crippen molar-refractivity contribution in [2.24, 2.45) is 0 Å². The summed E-state index contributed by atoms with van der Waals surface area (Å²) < 4.78 is 26.2. The van der Waals surface area contributed by atoms with Gasteiger partial charge in [-0.05, 0) is 17.7 Å². The highest BCUT2D eigenvalue weighted by Crippen LogP contribution is 2.28. The van der Waals surface area contributed by atoms with Gasteiger partial charge in [0.2, 0.25) is 0 Å². The standard InChI is InChI=1S/C23H24FN3O3/c1-29-15-16-5-3-4-6-18(16)20-14-25-22-9-10-26(11-12-27(20)22)23(28)19-8-7-17(24)13-21(19)30-2/h3-8,13-14H,9-12,15H2,1-2H3. The minimum Gasteiger partial charge on any atom is -0.496 e. The van der Waals surface area contributed by atoms with Crippen LogP contribution in [0.5, 0.6) is 5.75 Å². The largest absolute Gasteiger partial charge is 0.496 e. The Morgan fingerprint density at radius 3 is 2.77 bits per heavy atom. The Kier molecular flexibility index (Phi) is 5.81. The van der Waals surface area contributed by atoms with Crippen LogP contribution in [0, 0.1) is 5.82 Å². The number of methoxy groups -OCH3 is 2. The number of hydrogen-bond donors (Lipinski definition) is 0. The van der Waals surface area contributed by atoms with E-state index >= 15 is 0 Å². The van der Waals surface area contributed by atoms with Gasteiger partial charge in [0, 0.05) is 44.8 Å². The molecule has 0 radical (unpaired) electrons. The van der Waals surface area contributed by atoms with Crippen molar-refractivity contribution in [2.75, 3.05) is 27.3 Å². The third-order valence-corrected chi connectivity index (χ3v) is 5.41. The fourth-order valence-corrected chi connectivity index (χ4v) is 3.91. The molecule has 1 aliphatic rings. The second-order valence-electron chi connectivity index (χ2n) is 7.19. The van der Waals surface area contributed by atoms with Crippen LogP contribution in [0.4, 0.5) is 4.39 Å². The summed E-state index contributed by atoms with van der Waals surface area (Å²) in [5.74, 6) is 0.590. The third-order valence-electron chi connectivity index (χ3n) is 5.41. The average Bonchev–Trinajstić information content (AvgIpc) is 3.04. The number of halogens is 1. The van der Waals surface area contributed by atoms with Crippen LogP contribution in [0.1, 0.15) is 21.7 Å². The van der Waals surface area contributed by atoms with E-state index in [0.29, 0.717) is 38.2 Å². The number of nitrogens with zero attached hydrogens (tertiary/aromatic N) is 3. The molecule has 6 nitrogen and oxygen atoms in total. The van der Waals surface area contributed by atoms with Crippen LogP contribution < -0.4 is 4.74 Å². The van der Waals surface area contributed by atoms with Crippen LogP contribution in [0.2, 0.25) is 0 Å². The summed E-state index contributed by atoms with van der Waals surface area (Å²) >= 11 is 0. The number of fused-ring (bicyclic) bond motifs is 1. The molecule has 0 aliphatic carbocycles. The fourth-order valence-electron chi connectivity index (χ4n) is 3.91. The van der Waals surface area contributed by atoms with Gasteiger partial charge in [-0.15, -0.1) is 0 Å². The first-order chi connectivity index (χ1) is 14.6. The van der Waals surface area contributed by atoms with Crippen molar-refractivity contribution >= 4 is 5.91 Å². The molecule has 1 aromatic heterocycles. The lowest BCUT2D eigenvalue weighted by Gasteiger charge is -2.21. The van der Waals surface area contributed by atoms with E-state index in [9.17, 15) is 9.18 Å². The van der Waals surface area contributed by atoms with E-state index in [1.54, 1.807) is 12.0 Å². The third kappa shape index (κ3) is 3.80. The van der Waals surface area contributed by atoms with Gasteiger partial charge in [0.1, 0.15) is 17.4 Å². The molecule has 7 heteroatoms. The molecule has 1 amide bonds. The van der Waals surface area contributed by atoms with Gasteiger partial charge in [-0.25, -0.2) is 9.37 Å². The molecular formula is C23H24FN3O3. The van der Waals surface area contributed by atoms with Crippen LogP contribution in [0.25, 0.3) is 11.3 Å². The number of rotatable bonds is 5. The lowest BCUT2D eigenvalue weighted by molar-refractivity contribution is 0.0755. The van der Waals surface area contributed by atoms with E-state index in [1.807, 2.05) is 24.4 Å². The number of carbonyl (C=O) groups excluding carboxylic acids is 1. The molecule has 4 rings (SSSR count). The number of ether oxygens (including phenoxy) is 2. The van der Waals surface area contributed by atoms with Crippen molar-refractivity contribution in [3.05, 3.63) is 71.4 Å². The molecule has 0 N–H and O–H groups in total. The molecule has 0 bridgehead atoms. The van der Waals surface area contributed by atoms with Crippen molar-refractivity contribution in [3.63, 3.8) is 0 Å². The Hall–Kier alpha value is -3.19. The lowest BCUT2D eigenvalue weighted by Crippen LogP contribution is -2.34. The second-order valence-corrected chi connectivity index (χ2v) is 7.19. The number of aromatic nitrogens is 2. The molecule has 3 aromatic rings. The Labute approximate surface area is 174 Å². The minimum atomic E-state index is -0.432. The molecule has 156 valence electrons. The van der Waals surface area contributed by atoms with E-state index < -0.39 is 5.82 Å². The van der Waals surface area contributed by atoms with E-state index in [2.05, 4.69) is 15.6 Å². The van der Waals surface area contributed by atoms with Crippen LogP contribution in [-0.2, 0) is 24.3 Å². The molecule has 0 unspecified atom stereocenters. The molecular weight excluding hydrogens is 385 g/mol. The van der Waals surface area contributed by atoms with Gasteiger partial charge < -0.3 is 18.9 Å². The molecule has 2 aromatic carbocycles. The van der Waals surface area contributed by atoms with Gasteiger partial charge in [-0.3, -0.25) is 4.79 Å². The topological polar surface area (TPSA) is 56.6 Å². The van der Waals surface area contributed by atoms with Gasteiger partial charge in [-0.1, -0.05) is 24.3 Å². The first-order valence-electron chi connectivity index (χ1n) is 9.86. The van der Waals surface area contributed by atoms with Crippen LogP contribution in [-0.4, -0.2) is 47.7 Å². The molecule has 0 atom stereocenters. The Balaban J connectivity index is 1.59. The summed E-state index contributed by atoms with van der Waals surface area (Å²) in [6, 6.07) is 12.1. The zero-order chi connectivity index (χ0) is 21.1. The smallest absolute Gasteiger partial charge is 0.257 e. The lowest BCUT2D eigenvalue weighted by atomic mass is 10.1. The summed E-state index contributed by atoms with van der Waals surface area (Å²) in [6.45, 7) is 2.21. The predicted octanol–water partition coefficient (Wildman–Crippen LogP) is 3.54. The predicted molar refractivity (Wildman–Crippen MR) is 111 cm³/mol. The molecule has 1 aliphatic heterocycles. The summed E-state index contributed by atoms with van der Waals surface area (Å²) in [5, 5.41) is 0. The first-order valence-corrected chi connectivity index (χ1v) is 9.86. The van der Waals surface area contributed by atoms with Crippen molar-refractivity contribution < 1.29 is 18.7 Å². The quantitative estimate of drug-likeness (QED) is 0.647. The highest BCUT2D eigenvalue weighted by Gasteiger charge is 2.25. The van der Waals surface area contributed by atoms with Crippen molar-refractivity contribution in [1.29, 1.82) is 0 Å². The van der Waals surface area contributed by atoms with Crippen molar-refractivity contribution in [1.82, 2.24) is 14.5 Å². The van der Waals surface area contributed by atoms with Gasteiger partial charge in [-0.2, -0.15) is 0 Å². The summed E-state index contributed by atoms with van der Waals surface area (Å²) in [4.78, 5) is 19.5. The van der Waals surface area contributed by atoms with Crippen molar-refractivity contribution in [3.8, 4) is 17.0 Å². The molecule has 2 heterocycles. The molecule has 0 saturated carbocycles. The Morgan fingerprint density at radius 1 is 1.13 bits per heavy atom. The van der Waals surface area contributed by atoms with Crippen LogP contribution in [0.15, 0.2) is 48.7 Å². The fraction of sp³-hybridized carbons (Fsp3) is 0.304. The van der Waals surface area contributed by atoms with Gasteiger partial charge in [0.05, 0.1) is 31.2 Å². The average molecular weight is 409 g/mol. The molecule has 30 heavy (non-hydrogen) atoms. The summed E-state index contributed by atoms with van der Waals surface area (Å²) in [7, 11) is 3.12. The number of carbonyl (C=O) groups is 1. The second kappa shape index (κ2) is 8.67. The minimum absolute atomic E-state index is 0.168. The monoisotopic (exact) mass is 409 g/mol. The highest BCUT2D eigenvalue weighted by atomic mass is 19.1. The van der Waals surface area contributed by atoms with Crippen molar-refractivity contribution in [2.45, 2.75) is 19.6 Å². The zero-order valence-corrected chi connectivity index (χ0v) is 17.1. The SMILES string of the molecule is COCc1ccccc1-c1cnc2n1CCN(C(=O)c1ccc(F)cc1OC)CC2. The number of imidazole rings is 1. The van der Waals surface area contributed by atoms with E-state index in [-0.39, 0.29) is 11.7 Å². The van der Waals surface area contributed by atoms with E-state index in [1.165, 1.54) is 25.3 Å². The van der Waals surface area contributed by atoms with Crippen LogP contribution >= 0.6 is 0 Å². The maximum absolute atomic E-state index is 13.5. The number of benzene rings is 2. The Bertz CT molecular complexity index is 1060. The molecule has 0 saturated heterocycles.